The van der Waals surface area contributed by atoms with Gasteiger partial charge in [-0.3, -0.25) is 9.20 Å². The maximum Gasteiger partial charge on any atom is 0.257 e. The summed E-state index contributed by atoms with van der Waals surface area (Å²) in [5, 5.41) is 12.1. The quantitative estimate of drug-likeness (QED) is 0.710. The van der Waals surface area contributed by atoms with Gasteiger partial charge in [0.25, 0.3) is 11.7 Å². The Morgan fingerprint density at radius 3 is 2.67 bits per heavy atom. The lowest BCUT2D eigenvalue weighted by Crippen LogP contribution is -2.49. The summed E-state index contributed by atoms with van der Waals surface area (Å²) in [4.78, 5) is 21.1. The van der Waals surface area contributed by atoms with E-state index in [2.05, 4.69) is 26.1 Å². The molecule has 24 heavy (non-hydrogen) atoms. The van der Waals surface area contributed by atoms with Crippen LogP contribution in [-0.2, 0) is 0 Å². The van der Waals surface area contributed by atoms with E-state index in [9.17, 15) is 4.79 Å². The summed E-state index contributed by atoms with van der Waals surface area (Å²) >= 11 is 1.55. The van der Waals surface area contributed by atoms with Gasteiger partial charge < -0.3 is 9.80 Å². The van der Waals surface area contributed by atoms with Crippen molar-refractivity contribution in [2.75, 3.05) is 31.1 Å². The maximum absolute atomic E-state index is 12.4. The molecule has 1 aliphatic rings. The average molecular weight is 342 g/mol. The highest BCUT2D eigenvalue weighted by Gasteiger charge is 2.23. The van der Waals surface area contributed by atoms with E-state index in [1.54, 1.807) is 11.3 Å². The minimum absolute atomic E-state index is 0.114. The zero-order valence-electron chi connectivity index (χ0n) is 13.6. The van der Waals surface area contributed by atoms with Crippen LogP contribution < -0.4 is 4.90 Å². The lowest BCUT2D eigenvalue weighted by atomic mass is 10.2. The molecule has 1 aliphatic heterocycles. The zero-order valence-corrected chi connectivity index (χ0v) is 14.5. The first kappa shape index (κ1) is 15.1. The van der Waals surface area contributed by atoms with Gasteiger partial charge in [0.05, 0.1) is 5.56 Å². The summed E-state index contributed by atoms with van der Waals surface area (Å²) < 4.78 is 1.94. The Bertz CT molecular complexity index is 879. The second kappa shape index (κ2) is 5.86. The number of aryl methyl sites for hydroxylation is 2. The normalized spacial score (nSPS) is 15.2. The van der Waals surface area contributed by atoms with Crippen molar-refractivity contribution in [3.63, 3.8) is 0 Å². The fraction of sp³-hybridized carbons (Fsp3) is 0.375. The molecule has 0 bridgehead atoms. The van der Waals surface area contributed by atoms with Crippen molar-refractivity contribution in [2.45, 2.75) is 13.8 Å². The zero-order chi connectivity index (χ0) is 16.7. The van der Waals surface area contributed by atoms with Gasteiger partial charge in [-0.15, -0.1) is 10.2 Å². The predicted octanol–water partition coefficient (Wildman–Crippen LogP) is 1.77. The Hall–Kier alpha value is -2.48. The van der Waals surface area contributed by atoms with E-state index in [0.29, 0.717) is 18.9 Å². The number of aromatic nitrogens is 4. The number of hydrogen-bond acceptors (Lipinski definition) is 6. The molecule has 124 valence electrons. The largest absolute Gasteiger partial charge is 0.353 e. The third-order valence-corrected chi connectivity index (χ3v) is 5.06. The van der Waals surface area contributed by atoms with Crippen LogP contribution in [0.3, 0.4) is 0 Å². The van der Waals surface area contributed by atoms with Crippen LogP contribution in [0.4, 0.5) is 5.82 Å². The van der Waals surface area contributed by atoms with Gasteiger partial charge in [-0.25, -0.2) is 0 Å². The minimum atomic E-state index is 0.114. The maximum atomic E-state index is 12.4. The van der Waals surface area contributed by atoms with Crippen LogP contribution in [0.15, 0.2) is 22.9 Å². The number of nitrogens with zero attached hydrogens (tertiary/aromatic N) is 6. The van der Waals surface area contributed by atoms with Gasteiger partial charge >= 0.3 is 0 Å². The summed E-state index contributed by atoms with van der Waals surface area (Å²) in [5.41, 5.74) is 1.84. The van der Waals surface area contributed by atoms with E-state index < -0.39 is 0 Å². The molecule has 7 nitrogen and oxygen atoms in total. The van der Waals surface area contributed by atoms with Crippen molar-refractivity contribution >= 4 is 28.8 Å². The highest BCUT2D eigenvalue weighted by Crippen LogP contribution is 2.19. The molecule has 0 radical (unpaired) electrons. The Morgan fingerprint density at radius 2 is 1.96 bits per heavy atom. The van der Waals surface area contributed by atoms with Crippen LogP contribution in [0.2, 0.25) is 0 Å². The predicted molar refractivity (Wildman–Crippen MR) is 92.7 cm³/mol. The molecule has 0 aromatic carbocycles. The SMILES string of the molecule is Cc1cc(N2CCN(C(=O)c3ccsc3)CC2)nc2nnc(C)n12. The van der Waals surface area contributed by atoms with Crippen molar-refractivity contribution < 1.29 is 4.79 Å². The molecule has 0 N–H and O–H groups in total. The molecular weight excluding hydrogens is 324 g/mol. The fourth-order valence-electron chi connectivity index (χ4n) is 3.09. The van der Waals surface area contributed by atoms with Gasteiger partial charge in [0, 0.05) is 43.3 Å². The summed E-state index contributed by atoms with van der Waals surface area (Å²) in [7, 11) is 0. The smallest absolute Gasteiger partial charge is 0.257 e. The Morgan fingerprint density at radius 1 is 1.17 bits per heavy atom. The van der Waals surface area contributed by atoms with Gasteiger partial charge in [0.1, 0.15) is 11.6 Å². The number of fused-ring (bicyclic) bond motifs is 1. The van der Waals surface area contributed by atoms with Crippen molar-refractivity contribution in [1.29, 1.82) is 0 Å². The Kier molecular flexibility index (Phi) is 3.68. The van der Waals surface area contributed by atoms with Crippen LogP contribution in [0.5, 0.6) is 0 Å². The number of rotatable bonds is 2. The topological polar surface area (TPSA) is 66.6 Å². The summed E-state index contributed by atoms with van der Waals surface area (Å²) in [6.45, 7) is 6.89. The summed E-state index contributed by atoms with van der Waals surface area (Å²) in [6, 6.07) is 3.94. The van der Waals surface area contributed by atoms with E-state index in [-0.39, 0.29) is 5.91 Å². The van der Waals surface area contributed by atoms with E-state index >= 15 is 0 Å². The van der Waals surface area contributed by atoms with Crippen LogP contribution in [0.1, 0.15) is 21.9 Å². The van der Waals surface area contributed by atoms with Gasteiger partial charge in [0.2, 0.25) is 0 Å². The Balaban J connectivity index is 1.51. The first-order valence-corrected chi connectivity index (χ1v) is 8.83. The lowest BCUT2D eigenvalue weighted by molar-refractivity contribution is 0.0747. The molecule has 3 aromatic rings. The first-order chi connectivity index (χ1) is 11.6. The monoisotopic (exact) mass is 342 g/mol. The van der Waals surface area contributed by atoms with Gasteiger partial charge in [-0.05, 0) is 25.3 Å². The number of piperazine rings is 1. The first-order valence-electron chi connectivity index (χ1n) is 7.89. The van der Waals surface area contributed by atoms with Crippen molar-refractivity contribution in [3.8, 4) is 0 Å². The highest BCUT2D eigenvalue weighted by molar-refractivity contribution is 7.08. The van der Waals surface area contributed by atoms with Gasteiger partial charge in [-0.1, -0.05) is 0 Å². The molecule has 8 heteroatoms. The fourth-order valence-corrected chi connectivity index (χ4v) is 3.72. The highest BCUT2D eigenvalue weighted by atomic mass is 32.1. The van der Waals surface area contributed by atoms with Crippen molar-refractivity contribution in [3.05, 3.63) is 40.0 Å². The lowest BCUT2D eigenvalue weighted by Gasteiger charge is -2.35. The number of hydrogen-bond donors (Lipinski definition) is 0. The molecule has 4 heterocycles. The molecule has 0 aliphatic carbocycles. The molecule has 0 unspecified atom stereocenters. The van der Waals surface area contributed by atoms with Crippen molar-refractivity contribution in [2.24, 2.45) is 0 Å². The molecule has 1 fully saturated rings. The number of carbonyl (C=O) groups is 1. The number of amides is 1. The number of carbonyl (C=O) groups excluding carboxylic acids is 1. The molecule has 1 saturated heterocycles. The molecule has 0 spiro atoms. The third-order valence-electron chi connectivity index (χ3n) is 4.37. The van der Waals surface area contributed by atoms with Crippen LogP contribution in [0.25, 0.3) is 5.78 Å². The van der Waals surface area contributed by atoms with Crippen LogP contribution >= 0.6 is 11.3 Å². The summed E-state index contributed by atoms with van der Waals surface area (Å²) in [5.74, 6) is 2.48. The molecule has 0 atom stereocenters. The van der Waals surface area contributed by atoms with Gasteiger partial charge in [-0.2, -0.15) is 16.3 Å². The van der Waals surface area contributed by atoms with Crippen molar-refractivity contribution in [1.82, 2.24) is 24.5 Å². The second-order valence-corrected chi connectivity index (χ2v) is 6.71. The second-order valence-electron chi connectivity index (χ2n) is 5.93. The minimum Gasteiger partial charge on any atom is -0.353 e. The Labute approximate surface area is 143 Å². The third kappa shape index (κ3) is 2.52. The number of anilines is 1. The van der Waals surface area contributed by atoms with E-state index in [1.807, 2.05) is 40.0 Å². The molecule has 3 aromatic heterocycles. The summed E-state index contributed by atoms with van der Waals surface area (Å²) in [6.07, 6.45) is 0. The molecule has 0 saturated carbocycles. The van der Waals surface area contributed by atoms with E-state index in [0.717, 1.165) is 36.0 Å². The standard InChI is InChI=1S/C16H18N6OS/c1-11-9-14(17-16-19-18-12(2)22(11)16)20-4-6-21(7-5-20)15(23)13-3-8-24-10-13/h3,8-10H,4-7H2,1-2H3. The van der Waals surface area contributed by atoms with E-state index in [1.165, 1.54) is 0 Å². The van der Waals surface area contributed by atoms with Crippen LogP contribution in [0, 0.1) is 13.8 Å². The number of thiophene rings is 1. The molecule has 4 rings (SSSR count). The molecular formula is C16H18N6OS. The average Bonchev–Trinajstić information content (AvgIpc) is 3.25. The van der Waals surface area contributed by atoms with Gasteiger partial charge in [0.15, 0.2) is 0 Å². The van der Waals surface area contributed by atoms with Crippen LogP contribution in [-0.4, -0.2) is 56.6 Å². The molecule has 1 amide bonds. The van der Waals surface area contributed by atoms with E-state index in [4.69, 9.17) is 0 Å².